The Morgan fingerprint density at radius 2 is 1.94 bits per heavy atom. The van der Waals surface area contributed by atoms with E-state index in [1.807, 2.05) is 17.0 Å². The number of ether oxygens (including phenoxy) is 1. The molecule has 2 saturated carbocycles. The van der Waals surface area contributed by atoms with Crippen LogP contribution in [0.25, 0.3) is 0 Å². The number of hydrogen-bond acceptors (Lipinski definition) is 3. The van der Waals surface area contributed by atoms with Gasteiger partial charge < -0.3 is 20.3 Å². The van der Waals surface area contributed by atoms with Crippen LogP contribution in [0, 0.1) is 5.41 Å². The number of hydrogen-bond donors (Lipinski definition) is 2. The van der Waals surface area contributed by atoms with Gasteiger partial charge in [-0.1, -0.05) is 30.7 Å². The monoisotopic (exact) mass is 540 g/mol. The second-order valence-electron chi connectivity index (χ2n) is 8.85. The Labute approximate surface area is 203 Å². The Bertz CT molecular complexity index is 756. The van der Waals surface area contributed by atoms with Crippen LogP contribution in [0.1, 0.15) is 63.5 Å². The van der Waals surface area contributed by atoms with Crippen molar-refractivity contribution < 1.29 is 9.53 Å². The zero-order chi connectivity index (χ0) is 21.0. The molecule has 2 fully saturated rings. The molecular formula is C24H37IN4O2. The van der Waals surface area contributed by atoms with Crippen molar-refractivity contribution in [2.75, 3.05) is 19.7 Å². The molecule has 0 radical (unpaired) electrons. The number of aliphatic imine (C=N–C) groups is 1. The second-order valence-corrected chi connectivity index (χ2v) is 8.85. The molecule has 2 aliphatic carbocycles. The van der Waals surface area contributed by atoms with Gasteiger partial charge in [-0.2, -0.15) is 0 Å². The molecule has 172 valence electrons. The molecule has 31 heavy (non-hydrogen) atoms. The van der Waals surface area contributed by atoms with Crippen molar-refractivity contribution in [2.45, 2.75) is 77.6 Å². The van der Waals surface area contributed by atoms with Crippen LogP contribution in [0.2, 0.25) is 0 Å². The lowest BCUT2D eigenvalue weighted by molar-refractivity contribution is -0.168. The Balaban J connectivity index is 0.00000272. The number of benzene rings is 1. The maximum Gasteiger partial charge on any atom is 0.223 e. The number of halogens is 1. The van der Waals surface area contributed by atoms with E-state index in [-0.39, 0.29) is 29.9 Å². The summed E-state index contributed by atoms with van der Waals surface area (Å²) < 4.78 is 5.96. The smallest absolute Gasteiger partial charge is 0.223 e. The molecule has 4 rings (SSSR count). The van der Waals surface area contributed by atoms with Gasteiger partial charge in [0.1, 0.15) is 0 Å². The molecule has 3 aliphatic rings. The molecule has 1 amide bonds. The van der Waals surface area contributed by atoms with E-state index in [9.17, 15) is 4.79 Å². The van der Waals surface area contributed by atoms with Crippen LogP contribution in [0.3, 0.4) is 0 Å². The molecule has 1 aromatic carbocycles. The van der Waals surface area contributed by atoms with Crippen molar-refractivity contribution in [2.24, 2.45) is 10.4 Å². The van der Waals surface area contributed by atoms with E-state index in [1.54, 1.807) is 0 Å². The van der Waals surface area contributed by atoms with Gasteiger partial charge >= 0.3 is 0 Å². The van der Waals surface area contributed by atoms with Crippen molar-refractivity contribution in [3.8, 4) is 0 Å². The molecule has 2 unspecified atom stereocenters. The second kappa shape index (κ2) is 11.0. The summed E-state index contributed by atoms with van der Waals surface area (Å²) in [6, 6.07) is 8.77. The van der Waals surface area contributed by atoms with E-state index >= 15 is 0 Å². The summed E-state index contributed by atoms with van der Waals surface area (Å²) in [4.78, 5) is 19.3. The van der Waals surface area contributed by atoms with Gasteiger partial charge in [-0.25, -0.2) is 0 Å². The van der Waals surface area contributed by atoms with Gasteiger partial charge in [0.2, 0.25) is 5.91 Å². The summed E-state index contributed by atoms with van der Waals surface area (Å²) in [6.45, 7) is 7.96. The fourth-order valence-corrected chi connectivity index (χ4v) is 5.21. The van der Waals surface area contributed by atoms with Crippen molar-refractivity contribution in [1.82, 2.24) is 15.5 Å². The van der Waals surface area contributed by atoms with Gasteiger partial charge in [0, 0.05) is 50.7 Å². The molecule has 0 aromatic heterocycles. The standard InChI is InChI=1S/C24H36N4O2.HI/c1-3-25-23(27-20-15-21(30-4-2)24(20)12-8-13-24)26-14-7-11-22(29)28-16-18-9-5-6-10-19(18)17-28;/h5-6,9-10,20-21H,3-4,7-8,11-17H2,1-2H3,(H2,25,26,27);1H. The average Bonchev–Trinajstić information content (AvgIpc) is 3.13. The van der Waals surface area contributed by atoms with Gasteiger partial charge in [0.15, 0.2) is 5.96 Å². The largest absolute Gasteiger partial charge is 0.378 e. The summed E-state index contributed by atoms with van der Waals surface area (Å²) in [7, 11) is 0. The van der Waals surface area contributed by atoms with Crippen LogP contribution in [0.15, 0.2) is 29.3 Å². The number of guanidine groups is 1. The number of carbonyl (C=O) groups excluding carboxylic acids is 1. The zero-order valence-electron chi connectivity index (χ0n) is 18.9. The number of rotatable bonds is 8. The number of nitrogens with one attached hydrogen (secondary N) is 2. The topological polar surface area (TPSA) is 66.0 Å². The molecule has 7 heteroatoms. The summed E-state index contributed by atoms with van der Waals surface area (Å²) in [5.74, 6) is 1.11. The van der Waals surface area contributed by atoms with Crippen LogP contribution in [-0.4, -0.2) is 48.6 Å². The van der Waals surface area contributed by atoms with E-state index in [1.165, 1.54) is 30.4 Å². The molecule has 1 aliphatic heterocycles. The van der Waals surface area contributed by atoms with Crippen LogP contribution in [-0.2, 0) is 22.6 Å². The summed E-state index contributed by atoms with van der Waals surface area (Å²) >= 11 is 0. The lowest BCUT2D eigenvalue weighted by Gasteiger charge is -2.61. The first kappa shape index (κ1) is 24.3. The van der Waals surface area contributed by atoms with E-state index in [4.69, 9.17) is 9.73 Å². The van der Waals surface area contributed by atoms with Crippen LogP contribution < -0.4 is 10.6 Å². The number of nitrogens with zero attached hydrogens (tertiary/aromatic N) is 2. The Hall–Kier alpha value is -1.35. The summed E-state index contributed by atoms with van der Waals surface area (Å²) in [6.07, 6.45) is 6.60. The first-order valence-corrected chi connectivity index (χ1v) is 11.7. The highest BCUT2D eigenvalue weighted by Crippen LogP contribution is 2.57. The third kappa shape index (κ3) is 5.18. The predicted molar refractivity (Wildman–Crippen MR) is 135 cm³/mol. The Kier molecular flexibility index (Phi) is 8.61. The molecule has 2 N–H and O–H groups in total. The average molecular weight is 540 g/mol. The molecule has 6 nitrogen and oxygen atoms in total. The SMILES string of the molecule is CCNC(=NCCCC(=O)N1Cc2ccccc2C1)NC1CC(OCC)C12CCC2.I. The summed E-state index contributed by atoms with van der Waals surface area (Å²) in [5, 5.41) is 7.03. The zero-order valence-corrected chi connectivity index (χ0v) is 21.2. The van der Waals surface area contributed by atoms with Crippen molar-refractivity contribution in [1.29, 1.82) is 0 Å². The highest BCUT2D eigenvalue weighted by atomic mass is 127. The lowest BCUT2D eigenvalue weighted by atomic mass is 9.51. The van der Waals surface area contributed by atoms with Gasteiger partial charge in [0.25, 0.3) is 0 Å². The first-order valence-electron chi connectivity index (χ1n) is 11.7. The third-order valence-electron chi connectivity index (χ3n) is 7.10. The minimum absolute atomic E-state index is 0. The number of fused-ring (bicyclic) bond motifs is 1. The van der Waals surface area contributed by atoms with E-state index in [2.05, 4.69) is 36.6 Å². The van der Waals surface area contributed by atoms with E-state index in [0.29, 0.717) is 30.5 Å². The molecule has 0 bridgehead atoms. The molecular weight excluding hydrogens is 503 g/mol. The van der Waals surface area contributed by atoms with Crippen LogP contribution in [0.5, 0.6) is 0 Å². The number of carbonyl (C=O) groups is 1. The lowest BCUT2D eigenvalue weighted by Crippen LogP contribution is -2.68. The number of amides is 1. The quantitative estimate of drug-likeness (QED) is 0.228. The molecule has 1 aromatic rings. The first-order chi connectivity index (χ1) is 14.7. The maximum atomic E-state index is 12.6. The summed E-state index contributed by atoms with van der Waals surface area (Å²) in [5.41, 5.74) is 2.86. The molecule has 2 atom stereocenters. The Morgan fingerprint density at radius 3 is 2.52 bits per heavy atom. The normalized spacial score (nSPS) is 23.4. The highest BCUT2D eigenvalue weighted by molar-refractivity contribution is 14.0. The Morgan fingerprint density at radius 1 is 1.23 bits per heavy atom. The van der Waals surface area contributed by atoms with E-state index in [0.717, 1.165) is 45.0 Å². The molecule has 1 heterocycles. The van der Waals surface area contributed by atoms with Gasteiger partial charge in [0.05, 0.1) is 6.10 Å². The van der Waals surface area contributed by atoms with E-state index < -0.39 is 0 Å². The van der Waals surface area contributed by atoms with Crippen molar-refractivity contribution >= 4 is 35.8 Å². The van der Waals surface area contributed by atoms with Gasteiger partial charge in [-0.15, -0.1) is 24.0 Å². The van der Waals surface area contributed by atoms with Gasteiger partial charge in [-0.3, -0.25) is 9.79 Å². The minimum Gasteiger partial charge on any atom is -0.378 e. The minimum atomic E-state index is 0. The highest BCUT2D eigenvalue weighted by Gasteiger charge is 2.59. The fourth-order valence-electron chi connectivity index (χ4n) is 5.21. The fraction of sp³-hybridized carbons (Fsp3) is 0.667. The van der Waals surface area contributed by atoms with Crippen LogP contribution >= 0.6 is 24.0 Å². The van der Waals surface area contributed by atoms with Gasteiger partial charge in [-0.05, 0) is 50.7 Å². The van der Waals surface area contributed by atoms with Crippen LogP contribution in [0.4, 0.5) is 0 Å². The van der Waals surface area contributed by atoms with Crippen molar-refractivity contribution in [3.05, 3.63) is 35.4 Å². The maximum absolute atomic E-state index is 12.6. The molecule has 0 saturated heterocycles. The van der Waals surface area contributed by atoms with Crippen molar-refractivity contribution in [3.63, 3.8) is 0 Å². The third-order valence-corrected chi connectivity index (χ3v) is 7.10. The predicted octanol–water partition coefficient (Wildman–Crippen LogP) is 3.83. The molecule has 1 spiro atoms.